The number of benzene rings is 3. The van der Waals surface area contributed by atoms with E-state index in [9.17, 15) is 13.2 Å². The smallest absolute Gasteiger partial charge is 0.262 e. The predicted molar refractivity (Wildman–Crippen MR) is 120 cm³/mol. The van der Waals surface area contributed by atoms with E-state index in [4.69, 9.17) is 11.6 Å². The van der Waals surface area contributed by atoms with Gasteiger partial charge in [-0.15, -0.1) is 11.8 Å². The van der Waals surface area contributed by atoms with E-state index in [2.05, 4.69) is 10.0 Å². The fourth-order valence-electron chi connectivity index (χ4n) is 2.76. The molecule has 2 N–H and O–H groups in total. The first kappa shape index (κ1) is 21.2. The van der Waals surface area contributed by atoms with Crippen LogP contribution in [-0.4, -0.2) is 20.6 Å². The van der Waals surface area contributed by atoms with Gasteiger partial charge in [0, 0.05) is 15.6 Å². The average Bonchev–Trinajstić information content (AvgIpc) is 2.69. The molecule has 0 aliphatic carbocycles. The zero-order chi connectivity index (χ0) is 21.0. The first-order valence-corrected chi connectivity index (χ1v) is 11.7. The molecule has 0 radical (unpaired) electrons. The van der Waals surface area contributed by atoms with Gasteiger partial charge >= 0.3 is 0 Å². The van der Waals surface area contributed by atoms with Crippen LogP contribution in [0.4, 0.5) is 11.4 Å². The highest BCUT2D eigenvalue weighted by atomic mass is 35.5. The van der Waals surface area contributed by atoms with E-state index in [0.717, 1.165) is 4.90 Å². The van der Waals surface area contributed by atoms with Gasteiger partial charge in [-0.05, 0) is 61.2 Å². The Bertz CT molecular complexity index is 1160. The van der Waals surface area contributed by atoms with Gasteiger partial charge in [0.05, 0.1) is 16.1 Å². The van der Waals surface area contributed by atoms with Crippen LogP contribution in [0.1, 0.15) is 15.9 Å². The molecule has 0 atom stereocenters. The van der Waals surface area contributed by atoms with Crippen LogP contribution in [0.2, 0.25) is 5.02 Å². The largest absolute Gasteiger partial charge is 0.322 e. The molecule has 3 rings (SSSR count). The van der Waals surface area contributed by atoms with Crippen molar-refractivity contribution in [2.45, 2.75) is 16.7 Å². The van der Waals surface area contributed by atoms with Crippen molar-refractivity contribution in [3.8, 4) is 0 Å². The van der Waals surface area contributed by atoms with E-state index in [1.807, 2.05) is 18.4 Å². The molecule has 0 fully saturated rings. The van der Waals surface area contributed by atoms with Crippen LogP contribution in [0.5, 0.6) is 0 Å². The van der Waals surface area contributed by atoms with Gasteiger partial charge < -0.3 is 5.32 Å². The van der Waals surface area contributed by atoms with Gasteiger partial charge in [0.15, 0.2) is 0 Å². The third kappa shape index (κ3) is 5.12. The van der Waals surface area contributed by atoms with Gasteiger partial charge in [0.2, 0.25) is 0 Å². The number of sulfonamides is 1. The highest BCUT2D eigenvalue weighted by Crippen LogP contribution is 2.26. The molecule has 0 aromatic heterocycles. The minimum atomic E-state index is -3.86. The first-order valence-electron chi connectivity index (χ1n) is 8.63. The molecule has 0 heterocycles. The number of amides is 1. The fourth-order valence-corrected chi connectivity index (χ4v) is 4.87. The summed E-state index contributed by atoms with van der Waals surface area (Å²) in [5.74, 6) is -0.301. The second-order valence-electron chi connectivity index (χ2n) is 6.25. The summed E-state index contributed by atoms with van der Waals surface area (Å²) in [7, 11) is -3.86. The summed E-state index contributed by atoms with van der Waals surface area (Å²) < 4.78 is 28.3. The molecular formula is C21H19ClN2O3S2. The van der Waals surface area contributed by atoms with E-state index in [1.54, 1.807) is 49.4 Å². The molecule has 1 amide bonds. The maximum absolute atomic E-state index is 12.9. The van der Waals surface area contributed by atoms with Crippen molar-refractivity contribution in [3.63, 3.8) is 0 Å². The average molecular weight is 447 g/mol. The van der Waals surface area contributed by atoms with Gasteiger partial charge in [0.1, 0.15) is 0 Å². The number of anilines is 2. The Labute approximate surface area is 179 Å². The number of hydrogen-bond donors (Lipinski definition) is 2. The Morgan fingerprint density at radius 2 is 1.72 bits per heavy atom. The molecule has 29 heavy (non-hydrogen) atoms. The van der Waals surface area contributed by atoms with Gasteiger partial charge in [-0.25, -0.2) is 8.42 Å². The molecule has 0 spiro atoms. The quantitative estimate of drug-likeness (QED) is 0.495. The predicted octanol–water partition coefficient (Wildman–Crippen LogP) is 5.42. The van der Waals surface area contributed by atoms with Gasteiger partial charge in [-0.3, -0.25) is 9.52 Å². The second kappa shape index (κ2) is 8.90. The summed E-state index contributed by atoms with van der Waals surface area (Å²) in [5, 5.41) is 3.21. The highest BCUT2D eigenvalue weighted by Gasteiger charge is 2.19. The zero-order valence-electron chi connectivity index (χ0n) is 15.8. The molecule has 3 aromatic rings. The molecule has 0 aliphatic rings. The van der Waals surface area contributed by atoms with E-state index in [-0.39, 0.29) is 10.8 Å². The molecule has 0 aliphatic heterocycles. The molecule has 0 bridgehead atoms. The molecular weight excluding hydrogens is 428 g/mol. The minimum Gasteiger partial charge on any atom is -0.322 e. The van der Waals surface area contributed by atoms with E-state index >= 15 is 0 Å². The number of hydrogen-bond acceptors (Lipinski definition) is 4. The Morgan fingerprint density at radius 3 is 2.45 bits per heavy atom. The minimum absolute atomic E-state index is 0.0772. The van der Waals surface area contributed by atoms with Crippen LogP contribution in [-0.2, 0) is 10.0 Å². The van der Waals surface area contributed by atoms with Crippen molar-refractivity contribution in [2.24, 2.45) is 0 Å². The molecule has 0 saturated heterocycles. The fraction of sp³-hybridized carbons (Fsp3) is 0.0952. The lowest BCUT2D eigenvalue weighted by Gasteiger charge is -2.13. The number of rotatable bonds is 6. The number of carbonyl (C=O) groups excluding carboxylic acids is 1. The maximum atomic E-state index is 12.9. The third-order valence-corrected chi connectivity index (χ3v) is 6.72. The SMILES string of the molecule is CSc1ccccc1C(=O)Nc1ccc(C)c(S(=O)(=O)Nc2cccc(Cl)c2)c1. The standard InChI is InChI=1S/C21H19ClN2O3S2/c1-14-10-11-16(23-21(25)18-8-3-4-9-19(18)28-2)13-20(14)29(26,27)24-17-7-5-6-15(22)12-17/h3-13,24H,1-2H3,(H,23,25). The highest BCUT2D eigenvalue weighted by molar-refractivity contribution is 7.98. The van der Waals surface area contributed by atoms with Crippen LogP contribution in [0.3, 0.4) is 0 Å². The Kier molecular flexibility index (Phi) is 6.52. The maximum Gasteiger partial charge on any atom is 0.262 e. The lowest BCUT2D eigenvalue weighted by Crippen LogP contribution is -2.16. The summed E-state index contributed by atoms with van der Waals surface area (Å²) in [6.45, 7) is 1.70. The van der Waals surface area contributed by atoms with Gasteiger partial charge in [0.25, 0.3) is 15.9 Å². The van der Waals surface area contributed by atoms with Gasteiger partial charge in [-0.1, -0.05) is 35.9 Å². The summed E-state index contributed by atoms with van der Waals surface area (Å²) in [4.78, 5) is 13.6. The van der Waals surface area contributed by atoms with E-state index < -0.39 is 10.0 Å². The van der Waals surface area contributed by atoms with Crippen LogP contribution >= 0.6 is 23.4 Å². The topological polar surface area (TPSA) is 75.3 Å². The summed E-state index contributed by atoms with van der Waals surface area (Å²) in [5.41, 5.74) is 1.84. The van der Waals surface area contributed by atoms with Crippen molar-refractivity contribution in [2.75, 3.05) is 16.3 Å². The lowest BCUT2D eigenvalue weighted by atomic mass is 10.2. The second-order valence-corrected chi connectivity index (χ2v) is 9.19. The Hall–Kier alpha value is -2.48. The van der Waals surface area contributed by atoms with Crippen molar-refractivity contribution < 1.29 is 13.2 Å². The van der Waals surface area contributed by atoms with Gasteiger partial charge in [-0.2, -0.15) is 0 Å². The van der Waals surface area contributed by atoms with Crippen molar-refractivity contribution in [1.29, 1.82) is 0 Å². The number of halogens is 1. The molecule has 150 valence electrons. The van der Waals surface area contributed by atoms with Crippen molar-refractivity contribution >= 4 is 50.7 Å². The van der Waals surface area contributed by atoms with Crippen molar-refractivity contribution in [3.05, 3.63) is 82.9 Å². The number of nitrogens with one attached hydrogen (secondary N) is 2. The number of aryl methyl sites for hydroxylation is 1. The Morgan fingerprint density at radius 1 is 0.966 bits per heavy atom. The molecule has 0 unspecified atom stereocenters. The number of thioether (sulfide) groups is 1. The summed E-state index contributed by atoms with van der Waals surface area (Å²) in [6.07, 6.45) is 1.89. The Balaban J connectivity index is 1.88. The van der Waals surface area contributed by atoms with Crippen molar-refractivity contribution in [1.82, 2.24) is 0 Å². The van der Waals surface area contributed by atoms with E-state index in [1.165, 1.54) is 23.9 Å². The van der Waals surface area contributed by atoms with E-state index in [0.29, 0.717) is 27.5 Å². The lowest BCUT2D eigenvalue weighted by molar-refractivity contribution is 0.102. The molecule has 8 heteroatoms. The third-order valence-electron chi connectivity index (χ3n) is 4.16. The normalized spacial score (nSPS) is 11.1. The molecule has 5 nitrogen and oxygen atoms in total. The zero-order valence-corrected chi connectivity index (χ0v) is 18.2. The van der Waals surface area contributed by atoms with Crippen LogP contribution in [0.25, 0.3) is 0 Å². The van der Waals surface area contributed by atoms with Crippen LogP contribution in [0.15, 0.2) is 76.5 Å². The monoisotopic (exact) mass is 446 g/mol. The van der Waals surface area contributed by atoms with Crippen LogP contribution in [0, 0.1) is 6.92 Å². The molecule has 0 saturated carbocycles. The first-order chi connectivity index (χ1) is 13.8. The summed E-state index contributed by atoms with van der Waals surface area (Å²) in [6, 6.07) is 18.5. The summed E-state index contributed by atoms with van der Waals surface area (Å²) >= 11 is 7.40. The number of carbonyl (C=O) groups is 1. The molecule has 3 aromatic carbocycles. The van der Waals surface area contributed by atoms with Crippen LogP contribution < -0.4 is 10.0 Å².